The molecule has 0 aliphatic rings. The smallest absolute Gasteiger partial charge is 0.252 e. The van der Waals surface area contributed by atoms with E-state index in [1.54, 1.807) is 11.6 Å². The van der Waals surface area contributed by atoms with Gasteiger partial charge in [-0.25, -0.2) is 9.50 Å². The Hall–Kier alpha value is -3.42. The number of nitrogens with one attached hydrogen (secondary N) is 1. The van der Waals surface area contributed by atoms with Crippen LogP contribution in [0.2, 0.25) is 0 Å². The lowest BCUT2D eigenvalue weighted by Gasteiger charge is -2.08. The Bertz CT molecular complexity index is 1180. The van der Waals surface area contributed by atoms with Crippen LogP contribution in [-0.2, 0) is 17.8 Å². The number of fused-ring (bicyclic) bond motifs is 2. The molecule has 1 aromatic carbocycles. The van der Waals surface area contributed by atoms with Crippen molar-refractivity contribution in [1.82, 2.24) is 29.5 Å². The zero-order valence-corrected chi connectivity index (χ0v) is 16.8. The third-order valence-corrected chi connectivity index (χ3v) is 4.89. The third-order valence-electron chi connectivity index (χ3n) is 4.89. The Morgan fingerprint density at radius 1 is 1.17 bits per heavy atom. The molecule has 150 valence electrons. The van der Waals surface area contributed by atoms with Crippen LogP contribution in [0.25, 0.3) is 16.7 Å². The van der Waals surface area contributed by atoms with E-state index < -0.39 is 0 Å². The number of hydrogen-bond acceptors (Lipinski definition) is 5. The first kappa shape index (κ1) is 18.9. The van der Waals surface area contributed by atoms with Crippen molar-refractivity contribution in [3.63, 3.8) is 0 Å². The quantitative estimate of drug-likeness (QED) is 0.522. The number of carbonyl (C=O) groups excluding carboxylic acids is 1. The molecule has 8 heteroatoms. The number of carbonyl (C=O) groups is 1. The Labute approximate surface area is 168 Å². The Morgan fingerprint density at radius 3 is 2.86 bits per heavy atom. The molecule has 3 aromatic heterocycles. The molecule has 3 heterocycles. The summed E-state index contributed by atoms with van der Waals surface area (Å²) in [6.45, 7) is 5.16. The van der Waals surface area contributed by atoms with E-state index in [1.807, 2.05) is 50.4 Å². The highest BCUT2D eigenvalue weighted by Crippen LogP contribution is 2.21. The van der Waals surface area contributed by atoms with Crippen LogP contribution in [0.1, 0.15) is 23.6 Å². The second-order valence-corrected chi connectivity index (χ2v) is 7.06. The number of aryl methyl sites for hydroxylation is 3. The van der Waals surface area contributed by atoms with Gasteiger partial charge < -0.3 is 14.6 Å². The van der Waals surface area contributed by atoms with E-state index in [1.165, 1.54) is 0 Å². The second-order valence-electron chi connectivity index (χ2n) is 7.06. The van der Waals surface area contributed by atoms with Gasteiger partial charge in [-0.2, -0.15) is 4.98 Å². The van der Waals surface area contributed by atoms with Crippen molar-refractivity contribution in [1.29, 1.82) is 0 Å². The molecule has 0 spiro atoms. The molecule has 8 nitrogen and oxygen atoms in total. The second kappa shape index (κ2) is 7.90. The number of amides is 1. The summed E-state index contributed by atoms with van der Waals surface area (Å²) in [6.07, 6.45) is 2.85. The lowest BCUT2D eigenvalue weighted by atomic mass is 10.2. The maximum Gasteiger partial charge on any atom is 0.252 e. The number of ether oxygens (including phenoxy) is 1. The van der Waals surface area contributed by atoms with Crippen molar-refractivity contribution in [3.05, 3.63) is 53.7 Å². The van der Waals surface area contributed by atoms with Crippen molar-refractivity contribution >= 4 is 22.6 Å². The van der Waals surface area contributed by atoms with Gasteiger partial charge in [-0.15, -0.1) is 5.10 Å². The Morgan fingerprint density at radius 2 is 2.03 bits per heavy atom. The van der Waals surface area contributed by atoms with Crippen LogP contribution < -0.4 is 10.1 Å². The maximum atomic E-state index is 12.2. The van der Waals surface area contributed by atoms with Gasteiger partial charge in [0.25, 0.3) is 5.78 Å². The Balaban J connectivity index is 1.30. The molecule has 0 saturated heterocycles. The van der Waals surface area contributed by atoms with Gasteiger partial charge in [0.2, 0.25) is 5.91 Å². The van der Waals surface area contributed by atoms with Crippen LogP contribution in [0.5, 0.6) is 5.75 Å². The van der Waals surface area contributed by atoms with Crippen molar-refractivity contribution in [3.8, 4) is 5.75 Å². The summed E-state index contributed by atoms with van der Waals surface area (Å²) >= 11 is 0. The van der Waals surface area contributed by atoms with E-state index in [-0.39, 0.29) is 5.91 Å². The van der Waals surface area contributed by atoms with E-state index in [9.17, 15) is 4.79 Å². The summed E-state index contributed by atoms with van der Waals surface area (Å²) in [4.78, 5) is 21.0. The highest BCUT2D eigenvalue weighted by atomic mass is 16.5. The number of nitrogens with zero attached hydrogens (tertiary/aromatic N) is 5. The van der Waals surface area contributed by atoms with Crippen LogP contribution in [0.3, 0.4) is 0 Å². The highest BCUT2D eigenvalue weighted by molar-refractivity contribution is 5.81. The van der Waals surface area contributed by atoms with Gasteiger partial charge in [-0.1, -0.05) is 0 Å². The zero-order valence-electron chi connectivity index (χ0n) is 16.8. The van der Waals surface area contributed by atoms with E-state index in [4.69, 9.17) is 4.74 Å². The van der Waals surface area contributed by atoms with E-state index in [0.717, 1.165) is 28.0 Å². The van der Waals surface area contributed by atoms with Gasteiger partial charge in [-0.05, 0) is 44.2 Å². The first-order chi connectivity index (χ1) is 14.0. The molecule has 0 aliphatic heterocycles. The largest absolute Gasteiger partial charge is 0.497 e. The van der Waals surface area contributed by atoms with Crippen LogP contribution in [0.4, 0.5) is 0 Å². The average Bonchev–Trinajstić information content (AvgIpc) is 3.30. The molecule has 0 unspecified atom stereocenters. The first-order valence-corrected chi connectivity index (χ1v) is 9.63. The molecular weight excluding hydrogens is 368 g/mol. The molecule has 1 amide bonds. The van der Waals surface area contributed by atoms with E-state index in [2.05, 4.69) is 25.0 Å². The number of methoxy groups -OCH3 is 1. The lowest BCUT2D eigenvalue weighted by Crippen LogP contribution is -2.27. The van der Waals surface area contributed by atoms with Gasteiger partial charge in [0.15, 0.2) is 5.82 Å². The molecule has 4 rings (SSSR count). The minimum absolute atomic E-state index is 0.0113. The van der Waals surface area contributed by atoms with Crippen LogP contribution in [0, 0.1) is 13.8 Å². The van der Waals surface area contributed by atoms with E-state index in [0.29, 0.717) is 37.5 Å². The minimum Gasteiger partial charge on any atom is -0.497 e. The van der Waals surface area contributed by atoms with E-state index >= 15 is 0 Å². The molecule has 0 saturated carbocycles. The van der Waals surface area contributed by atoms with Crippen LogP contribution >= 0.6 is 0 Å². The monoisotopic (exact) mass is 392 g/mol. The number of rotatable bonds is 7. The highest BCUT2D eigenvalue weighted by Gasteiger charge is 2.10. The summed E-state index contributed by atoms with van der Waals surface area (Å²) in [5.41, 5.74) is 3.00. The van der Waals surface area contributed by atoms with Crippen LogP contribution in [0.15, 0.2) is 36.5 Å². The molecule has 0 bridgehead atoms. The third kappa shape index (κ3) is 4.06. The van der Waals surface area contributed by atoms with Crippen molar-refractivity contribution in [2.45, 2.75) is 33.2 Å². The molecule has 0 fully saturated rings. The fourth-order valence-corrected chi connectivity index (χ4v) is 3.44. The minimum atomic E-state index is -0.0113. The van der Waals surface area contributed by atoms with Crippen molar-refractivity contribution in [2.24, 2.45) is 0 Å². The van der Waals surface area contributed by atoms with Gasteiger partial charge in [-0.3, -0.25) is 4.79 Å². The summed E-state index contributed by atoms with van der Waals surface area (Å²) in [5, 5.41) is 8.53. The molecule has 1 N–H and O–H groups in total. The van der Waals surface area contributed by atoms with Gasteiger partial charge in [0.1, 0.15) is 5.75 Å². The first-order valence-electron chi connectivity index (χ1n) is 9.63. The normalized spacial score (nSPS) is 11.3. The molecule has 0 radical (unpaired) electrons. The number of benzene rings is 1. The summed E-state index contributed by atoms with van der Waals surface area (Å²) < 4.78 is 9.09. The van der Waals surface area contributed by atoms with Gasteiger partial charge in [0, 0.05) is 54.4 Å². The molecule has 4 aromatic rings. The van der Waals surface area contributed by atoms with Crippen LogP contribution in [-0.4, -0.2) is 43.7 Å². The average molecular weight is 392 g/mol. The lowest BCUT2D eigenvalue weighted by molar-refractivity contribution is -0.121. The molecule has 29 heavy (non-hydrogen) atoms. The fourth-order valence-electron chi connectivity index (χ4n) is 3.44. The molecule has 0 atom stereocenters. The maximum absolute atomic E-state index is 12.2. The number of hydrogen-bond donors (Lipinski definition) is 1. The molecular formula is C21H24N6O2. The summed E-state index contributed by atoms with van der Waals surface area (Å²) in [5.74, 6) is 2.04. The predicted octanol–water partition coefficient (Wildman–Crippen LogP) is 2.45. The topological polar surface area (TPSA) is 86.3 Å². The summed E-state index contributed by atoms with van der Waals surface area (Å²) in [7, 11) is 1.66. The summed E-state index contributed by atoms with van der Waals surface area (Å²) in [6, 6.07) is 9.98. The fraction of sp³-hybridized carbons (Fsp3) is 0.333. The van der Waals surface area contributed by atoms with Gasteiger partial charge in [0.05, 0.1) is 7.11 Å². The predicted molar refractivity (Wildman–Crippen MR) is 110 cm³/mol. The molecule has 0 aliphatic carbocycles. The SMILES string of the molecule is COc1ccc2c(ccn2CCNC(=O)CCc2nc3nc(C)cc(C)n3n2)c1. The standard InChI is InChI=1S/C21H24N6O2/c1-14-12-15(2)27-21(23-14)24-19(25-27)6-7-20(28)22-9-11-26-10-8-16-13-17(29-3)4-5-18(16)26/h4-5,8,10,12-13H,6-7,9,11H2,1-3H3,(H,22,28). The van der Waals surface area contributed by atoms with Gasteiger partial charge >= 0.3 is 0 Å². The Kier molecular flexibility index (Phi) is 5.16. The number of aromatic nitrogens is 5. The zero-order chi connectivity index (χ0) is 20.4. The van der Waals surface area contributed by atoms with Crippen molar-refractivity contribution < 1.29 is 9.53 Å². The van der Waals surface area contributed by atoms with Crippen molar-refractivity contribution in [2.75, 3.05) is 13.7 Å².